The Hall–Kier alpha value is -1.82. The maximum absolute atomic E-state index is 12.1. The van der Waals surface area contributed by atoms with Crippen LogP contribution in [0.15, 0.2) is 16.5 Å². The molecule has 2 rings (SSSR count). The van der Waals surface area contributed by atoms with Crippen LogP contribution in [0.5, 0.6) is 0 Å². The highest BCUT2D eigenvalue weighted by Gasteiger charge is 2.33. The Balaban J connectivity index is 1.72. The Bertz CT molecular complexity index is 524. The number of hydrogen-bond acceptors (Lipinski definition) is 4. The fourth-order valence-electron chi connectivity index (χ4n) is 2.56. The van der Waals surface area contributed by atoms with Crippen molar-refractivity contribution in [3.63, 3.8) is 0 Å². The van der Waals surface area contributed by atoms with E-state index in [1.807, 2.05) is 38.1 Å². The van der Waals surface area contributed by atoms with Crippen LogP contribution >= 0.6 is 0 Å². The highest BCUT2D eigenvalue weighted by Crippen LogP contribution is 2.17. The van der Waals surface area contributed by atoms with Crippen LogP contribution in [0.1, 0.15) is 17.9 Å². The summed E-state index contributed by atoms with van der Waals surface area (Å²) in [5.41, 5.74) is 0. The van der Waals surface area contributed by atoms with Gasteiger partial charge in [0.25, 0.3) is 0 Å². The van der Waals surface area contributed by atoms with Gasteiger partial charge in [-0.2, -0.15) is 0 Å². The summed E-state index contributed by atoms with van der Waals surface area (Å²) in [5, 5.41) is 2.90. The third-order valence-corrected chi connectivity index (χ3v) is 3.87. The van der Waals surface area contributed by atoms with Gasteiger partial charge >= 0.3 is 0 Å². The lowest BCUT2D eigenvalue weighted by Crippen LogP contribution is -2.36. The molecule has 0 saturated carbocycles. The second-order valence-electron chi connectivity index (χ2n) is 6.10. The lowest BCUT2D eigenvalue weighted by atomic mass is 10.1. The minimum atomic E-state index is -0.229. The van der Waals surface area contributed by atoms with E-state index in [9.17, 15) is 9.59 Å². The summed E-state index contributed by atoms with van der Waals surface area (Å²) >= 11 is 0. The summed E-state index contributed by atoms with van der Waals surface area (Å²) < 4.78 is 5.46. The number of likely N-dealkylation sites (tertiary alicyclic amines) is 1. The van der Waals surface area contributed by atoms with Gasteiger partial charge in [-0.15, -0.1) is 0 Å². The Morgan fingerprint density at radius 1 is 1.45 bits per heavy atom. The number of aryl methyl sites for hydroxylation is 1. The molecule has 2 heterocycles. The summed E-state index contributed by atoms with van der Waals surface area (Å²) in [7, 11) is 3.95. The number of nitrogens with one attached hydrogen (secondary N) is 1. The van der Waals surface area contributed by atoms with Crippen molar-refractivity contribution in [3.8, 4) is 0 Å². The summed E-state index contributed by atoms with van der Waals surface area (Å²) in [6.07, 6.45) is 0.990. The number of carbonyl (C=O) groups is 2. The molecule has 1 saturated heterocycles. The second-order valence-corrected chi connectivity index (χ2v) is 6.10. The van der Waals surface area contributed by atoms with Gasteiger partial charge < -0.3 is 19.5 Å². The first-order valence-electron chi connectivity index (χ1n) is 7.71. The minimum Gasteiger partial charge on any atom is -0.466 e. The fraction of sp³-hybridized carbons (Fsp3) is 0.625. The average molecular weight is 307 g/mol. The lowest BCUT2D eigenvalue weighted by molar-refractivity contribution is -0.129. The van der Waals surface area contributed by atoms with Gasteiger partial charge in [-0.25, -0.2) is 0 Å². The first-order chi connectivity index (χ1) is 10.5. The predicted molar refractivity (Wildman–Crippen MR) is 83.4 cm³/mol. The molecule has 1 N–H and O–H groups in total. The molecule has 0 unspecified atom stereocenters. The van der Waals surface area contributed by atoms with Crippen molar-refractivity contribution in [2.75, 3.05) is 40.3 Å². The molecule has 2 amide bonds. The van der Waals surface area contributed by atoms with Gasteiger partial charge in [0.05, 0.1) is 5.92 Å². The molecule has 1 aromatic heterocycles. The highest BCUT2D eigenvalue weighted by atomic mass is 16.3. The third kappa shape index (κ3) is 4.59. The van der Waals surface area contributed by atoms with E-state index in [-0.39, 0.29) is 17.7 Å². The average Bonchev–Trinajstić information content (AvgIpc) is 3.03. The molecule has 0 radical (unpaired) electrons. The van der Waals surface area contributed by atoms with Gasteiger partial charge in [0.1, 0.15) is 11.5 Å². The third-order valence-electron chi connectivity index (χ3n) is 3.87. The quantitative estimate of drug-likeness (QED) is 0.803. The maximum atomic E-state index is 12.1. The summed E-state index contributed by atoms with van der Waals surface area (Å²) in [6, 6.07) is 3.83. The van der Waals surface area contributed by atoms with Crippen molar-refractivity contribution in [1.29, 1.82) is 0 Å². The molecule has 0 spiro atoms. The number of likely N-dealkylation sites (N-methyl/N-ethyl adjacent to an activating group) is 1. The molecule has 6 nitrogen and oxygen atoms in total. The van der Waals surface area contributed by atoms with E-state index in [1.165, 1.54) is 0 Å². The second kappa shape index (κ2) is 7.45. The number of furan rings is 1. The highest BCUT2D eigenvalue weighted by molar-refractivity contribution is 5.89. The topological polar surface area (TPSA) is 65.8 Å². The van der Waals surface area contributed by atoms with Crippen molar-refractivity contribution in [2.24, 2.45) is 5.92 Å². The molecule has 6 heteroatoms. The Kier molecular flexibility index (Phi) is 5.60. The summed E-state index contributed by atoms with van der Waals surface area (Å²) in [4.78, 5) is 27.9. The zero-order valence-electron chi connectivity index (χ0n) is 13.6. The Morgan fingerprint density at radius 2 is 2.23 bits per heavy atom. The molecular formula is C16H25N3O3. The smallest absolute Gasteiger partial charge is 0.225 e. The minimum absolute atomic E-state index is 0.0380. The molecule has 1 fully saturated rings. The zero-order chi connectivity index (χ0) is 16.1. The van der Waals surface area contributed by atoms with Crippen molar-refractivity contribution >= 4 is 11.8 Å². The van der Waals surface area contributed by atoms with Gasteiger partial charge in [0.15, 0.2) is 0 Å². The van der Waals surface area contributed by atoms with Crippen LogP contribution in [0, 0.1) is 12.8 Å². The first-order valence-corrected chi connectivity index (χ1v) is 7.71. The van der Waals surface area contributed by atoms with Crippen LogP contribution in [-0.4, -0.2) is 61.9 Å². The van der Waals surface area contributed by atoms with E-state index in [1.54, 1.807) is 4.90 Å². The van der Waals surface area contributed by atoms with Crippen LogP contribution < -0.4 is 5.32 Å². The lowest BCUT2D eigenvalue weighted by Gasteiger charge is -2.19. The van der Waals surface area contributed by atoms with Crippen LogP contribution in [0.2, 0.25) is 0 Å². The number of rotatable bonds is 7. The zero-order valence-corrected chi connectivity index (χ0v) is 13.6. The van der Waals surface area contributed by atoms with Crippen molar-refractivity contribution in [1.82, 2.24) is 15.1 Å². The molecule has 1 atom stereocenters. The SMILES string of the molecule is Cc1ccc(CCNC(=O)[C@H]2CC(=O)N(CCN(C)C)C2)o1. The molecule has 1 aromatic rings. The summed E-state index contributed by atoms with van der Waals surface area (Å²) in [6.45, 7) is 4.46. The predicted octanol–water partition coefficient (Wildman–Crippen LogP) is 0.657. The van der Waals surface area contributed by atoms with Gasteiger partial charge in [-0.3, -0.25) is 9.59 Å². The molecular weight excluding hydrogens is 282 g/mol. The van der Waals surface area contributed by atoms with Gasteiger partial charge in [0, 0.05) is 39.0 Å². The largest absolute Gasteiger partial charge is 0.466 e. The van der Waals surface area contributed by atoms with Gasteiger partial charge in [-0.05, 0) is 33.2 Å². The van der Waals surface area contributed by atoms with E-state index in [2.05, 4.69) is 5.32 Å². The van der Waals surface area contributed by atoms with E-state index in [0.717, 1.165) is 18.1 Å². The molecule has 0 bridgehead atoms. The van der Waals surface area contributed by atoms with E-state index in [0.29, 0.717) is 32.5 Å². The monoisotopic (exact) mass is 307 g/mol. The van der Waals surface area contributed by atoms with Crippen LogP contribution in [-0.2, 0) is 16.0 Å². The molecule has 1 aliphatic heterocycles. The van der Waals surface area contributed by atoms with Crippen molar-refractivity contribution < 1.29 is 14.0 Å². The van der Waals surface area contributed by atoms with Gasteiger partial charge in [-0.1, -0.05) is 0 Å². The standard InChI is InChI=1S/C16H25N3O3/c1-12-4-5-14(22-12)6-7-17-16(21)13-10-15(20)19(11-13)9-8-18(2)3/h4-5,13H,6-11H2,1-3H3,(H,17,21)/t13-/m0/s1. The number of amides is 2. The van der Waals surface area contributed by atoms with E-state index >= 15 is 0 Å². The Morgan fingerprint density at radius 3 is 2.86 bits per heavy atom. The molecule has 1 aliphatic rings. The van der Waals surface area contributed by atoms with Crippen LogP contribution in [0.25, 0.3) is 0 Å². The number of carbonyl (C=O) groups excluding carboxylic acids is 2. The molecule has 22 heavy (non-hydrogen) atoms. The van der Waals surface area contributed by atoms with Crippen LogP contribution in [0.4, 0.5) is 0 Å². The number of hydrogen-bond donors (Lipinski definition) is 1. The maximum Gasteiger partial charge on any atom is 0.225 e. The first kappa shape index (κ1) is 16.5. The van der Waals surface area contributed by atoms with Crippen molar-refractivity contribution in [3.05, 3.63) is 23.7 Å². The molecule has 0 aliphatic carbocycles. The molecule has 122 valence electrons. The van der Waals surface area contributed by atoms with E-state index < -0.39 is 0 Å². The molecule has 0 aromatic carbocycles. The van der Waals surface area contributed by atoms with E-state index in [4.69, 9.17) is 4.42 Å². The Labute approximate surface area is 131 Å². The summed E-state index contributed by atoms with van der Waals surface area (Å²) in [5.74, 6) is 1.55. The van der Waals surface area contributed by atoms with Crippen molar-refractivity contribution in [2.45, 2.75) is 19.8 Å². The fourth-order valence-corrected chi connectivity index (χ4v) is 2.56. The van der Waals surface area contributed by atoms with Crippen LogP contribution in [0.3, 0.4) is 0 Å². The van der Waals surface area contributed by atoms with Gasteiger partial charge in [0.2, 0.25) is 11.8 Å². The normalized spacial score (nSPS) is 18.3. The number of nitrogens with zero attached hydrogens (tertiary/aromatic N) is 2.